The fourth-order valence-corrected chi connectivity index (χ4v) is 7.46. The van der Waals surface area contributed by atoms with E-state index < -0.39 is 0 Å². The highest BCUT2D eigenvalue weighted by atomic mass is 14.2. The number of hydrogen-bond donors (Lipinski definition) is 0. The molecular formula is C42H26. The van der Waals surface area contributed by atoms with Gasteiger partial charge in [0.1, 0.15) is 0 Å². The van der Waals surface area contributed by atoms with E-state index in [1.54, 1.807) is 0 Å². The van der Waals surface area contributed by atoms with Gasteiger partial charge in [-0.05, 0) is 98.0 Å². The fraction of sp³-hybridized carbons (Fsp3) is 0. The first kappa shape index (κ1) is 23.3. The molecule has 9 aromatic rings. The highest BCUT2D eigenvalue weighted by Gasteiger charge is 2.21. The second-order valence-electron chi connectivity index (χ2n) is 11.3. The molecule has 0 aliphatic heterocycles. The second-order valence-corrected chi connectivity index (χ2v) is 11.3. The molecule has 0 N–H and O–H groups in total. The Labute approximate surface area is 244 Å². The van der Waals surface area contributed by atoms with Crippen LogP contribution in [0.2, 0.25) is 0 Å². The predicted octanol–water partition coefficient (Wildman–Crippen LogP) is 12.1. The van der Waals surface area contributed by atoms with E-state index in [2.05, 4.69) is 134 Å². The summed E-state index contributed by atoms with van der Waals surface area (Å²) >= 11 is 0. The van der Waals surface area contributed by atoms with Gasteiger partial charge in [0.05, 0.1) is 0 Å². The van der Waals surface area contributed by atoms with Gasteiger partial charge >= 0.3 is 0 Å². The maximum atomic E-state index is 4.27. The third-order valence-corrected chi connectivity index (χ3v) is 9.31. The number of rotatable bonds is 4. The Morgan fingerprint density at radius 2 is 0.667 bits per heavy atom. The summed E-state index contributed by atoms with van der Waals surface area (Å²) in [6.45, 7) is 8.54. The van der Waals surface area contributed by atoms with Gasteiger partial charge in [0.2, 0.25) is 0 Å². The standard InChI is InChI=1S/C42H26/c1-3-25-11-12-26(4-2)40(34-24-20-32-16-14-28-8-6-10-30-18-22-36(34)42(32)38(28)30)39(25)33-23-19-31-15-13-27-7-5-9-29-17-21-35(33)41(31)37(27)29/h3-24H,1-2H2. The number of benzene rings is 9. The van der Waals surface area contributed by atoms with Gasteiger partial charge in [0, 0.05) is 0 Å². The molecule has 0 nitrogen and oxygen atoms in total. The molecule has 9 rings (SSSR count). The lowest BCUT2D eigenvalue weighted by Crippen LogP contribution is -1.96. The van der Waals surface area contributed by atoms with Crippen LogP contribution in [0.3, 0.4) is 0 Å². The van der Waals surface area contributed by atoms with E-state index in [1.807, 2.05) is 12.2 Å². The monoisotopic (exact) mass is 530 g/mol. The second kappa shape index (κ2) is 8.52. The zero-order valence-corrected chi connectivity index (χ0v) is 23.1. The summed E-state index contributed by atoms with van der Waals surface area (Å²) < 4.78 is 0. The van der Waals surface area contributed by atoms with Gasteiger partial charge < -0.3 is 0 Å². The number of hydrogen-bond acceptors (Lipinski definition) is 0. The van der Waals surface area contributed by atoms with Gasteiger partial charge in [-0.3, -0.25) is 0 Å². The Balaban J connectivity index is 1.46. The van der Waals surface area contributed by atoms with E-state index in [1.165, 1.54) is 86.9 Å². The fourth-order valence-electron chi connectivity index (χ4n) is 7.46. The van der Waals surface area contributed by atoms with Crippen LogP contribution in [0.1, 0.15) is 11.1 Å². The van der Waals surface area contributed by atoms with E-state index in [0.717, 1.165) is 11.1 Å². The maximum absolute atomic E-state index is 4.27. The van der Waals surface area contributed by atoms with E-state index in [-0.39, 0.29) is 0 Å². The quantitative estimate of drug-likeness (QED) is 0.199. The van der Waals surface area contributed by atoms with Crippen LogP contribution in [0.4, 0.5) is 0 Å². The molecule has 0 amide bonds. The molecular weight excluding hydrogens is 504 g/mol. The van der Waals surface area contributed by atoms with Gasteiger partial charge in [0.15, 0.2) is 0 Å². The minimum atomic E-state index is 1.12. The maximum Gasteiger partial charge on any atom is -0.00206 e. The van der Waals surface area contributed by atoms with Crippen LogP contribution < -0.4 is 0 Å². The smallest absolute Gasteiger partial charge is 0.00206 e. The summed E-state index contributed by atoms with van der Waals surface area (Å²) in [6, 6.07) is 44.9. The van der Waals surface area contributed by atoms with Crippen molar-refractivity contribution in [3.63, 3.8) is 0 Å². The Morgan fingerprint density at radius 1 is 0.333 bits per heavy atom. The molecule has 0 unspecified atom stereocenters. The molecule has 0 atom stereocenters. The van der Waals surface area contributed by atoms with Crippen molar-refractivity contribution in [1.29, 1.82) is 0 Å². The van der Waals surface area contributed by atoms with Gasteiger partial charge in [-0.2, -0.15) is 0 Å². The Morgan fingerprint density at radius 3 is 1.05 bits per heavy atom. The van der Waals surface area contributed by atoms with Gasteiger partial charge in [0.25, 0.3) is 0 Å². The van der Waals surface area contributed by atoms with Crippen molar-refractivity contribution < 1.29 is 0 Å². The minimum absolute atomic E-state index is 1.12. The zero-order valence-electron chi connectivity index (χ0n) is 23.1. The van der Waals surface area contributed by atoms with E-state index in [9.17, 15) is 0 Å². The summed E-state index contributed by atoms with van der Waals surface area (Å²) in [7, 11) is 0. The largest absolute Gasteiger partial charge is 0.0984 e. The van der Waals surface area contributed by atoms with Crippen molar-refractivity contribution in [2.24, 2.45) is 0 Å². The highest BCUT2D eigenvalue weighted by Crippen LogP contribution is 2.47. The molecule has 194 valence electrons. The Kier molecular flexibility index (Phi) is 4.72. The minimum Gasteiger partial charge on any atom is -0.0984 e. The lowest BCUT2D eigenvalue weighted by atomic mass is 9.81. The molecule has 42 heavy (non-hydrogen) atoms. The van der Waals surface area contributed by atoms with Crippen LogP contribution in [0.25, 0.3) is 99.0 Å². The van der Waals surface area contributed by atoms with Crippen LogP contribution in [-0.4, -0.2) is 0 Å². The molecule has 0 spiro atoms. The summed E-state index contributed by atoms with van der Waals surface area (Å²) in [4.78, 5) is 0. The molecule has 0 aliphatic carbocycles. The summed E-state index contributed by atoms with van der Waals surface area (Å²) in [5.74, 6) is 0. The predicted molar refractivity (Wildman–Crippen MR) is 185 cm³/mol. The first-order valence-electron chi connectivity index (χ1n) is 14.5. The summed E-state index contributed by atoms with van der Waals surface area (Å²) in [6.07, 6.45) is 4.00. The van der Waals surface area contributed by atoms with Crippen molar-refractivity contribution in [1.82, 2.24) is 0 Å². The lowest BCUT2D eigenvalue weighted by molar-refractivity contribution is 1.58. The van der Waals surface area contributed by atoms with Crippen LogP contribution >= 0.6 is 0 Å². The SMILES string of the molecule is C=Cc1ccc(C=C)c(-c2ccc3ccc4cccc5ccc2c3c45)c1-c1ccc2ccc3cccc4ccc1c2c34. The van der Waals surface area contributed by atoms with Crippen LogP contribution in [0.5, 0.6) is 0 Å². The zero-order chi connectivity index (χ0) is 27.9. The first-order chi connectivity index (χ1) is 20.7. The molecule has 0 bridgehead atoms. The first-order valence-corrected chi connectivity index (χ1v) is 14.5. The topological polar surface area (TPSA) is 0 Å². The van der Waals surface area contributed by atoms with E-state index >= 15 is 0 Å². The van der Waals surface area contributed by atoms with E-state index in [0.29, 0.717) is 0 Å². The molecule has 0 heterocycles. The average Bonchev–Trinajstić information content (AvgIpc) is 3.05. The summed E-state index contributed by atoms with van der Waals surface area (Å²) in [5.41, 5.74) is 7.10. The highest BCUT2D eigenvalue weighted by molar-refractivity contribution is 6.28. The van der Waals surface area contributed by atoms with Gasteiger partial charge in [-0.15, -0.1) is 0 Å². The van der Waals surface area contributed by atoms with Crippen molar-refractivity contribution in [2.75, 3.05) is 0 Å². The molecule has 0 saturated carbocycles. The molecule has 0 heteroatoms. The molecule has 9 aromatic carbocycles. The molecule has 0 aliphatic rings. The Hall–Kier alpha value is -5.46. The van der Waals surface area contributed by atoms with Crippen molar-refractivity contribution in [2.45, 2.75) is 0 Å². The van der Waals surface area contributed by atoms with Gasteiger partial charge in [-0.25, -0.2) is 0 Å². The van der Waals surface area contributed by atoms with E-state index in [4.69, 9.17) is 0 Å². The van der Waals surface area contributed by atoms with Crippen LogP contribution in [-0.2, 0) is 0 Å². The normalized spacial score (nSPS) is 12.0. The van der Waals surface area contributed by atoms with Crippen molar-refractivity contribution in [3.8, 4) is 22.3 Å². The third-order valence-electron chi connectivity index (χ3n) is 9.31. The van der Waals surface area contributed by atoms with Crippen LogP contribution in [0.15, 0.2) is 134 Å². The molecule has 0 aromatic heterocycles. The molecule has 0 saturated heterocycles. The van der Waals surface area contributed by atoms with Gasteiger partial charge in [-0.1, -0.05) is 147 Å². The van der Waals surface area contributed by atoms with Crippen molar-refractivity contribution in [3.05, 3.63) is 146 Å². The molecule has 0 radical (unpaired) electrons. The molecule has 0 fully saturated rings. The van der Waals surface area contributed by atoms with Crippen molar-refractivity contribution >= 4 is 76.8 Å². The average molecular weight is 531 g/mol. The lowest BCUT2D eigenvalue weighted by Gasteiger charge is -2.22. The van der Waals surface area contributed by atoms with Crippen LogP contribution in [0, 0.1) is 0 Å². The third kappa shape index (κ3) is 3.01. The Bertz CT molecular complexity index is 2330. The summed E-state index contributed by atoms with van der Waals surface area (Å²) in [5, 5.41) is 15.5.